The molecule has 0 saturated carbocycles. The molecule has 0 spiro atoms. The molecular formula is C21H17F2N3O4. The van der Waals surface area contributed by atoms with E-state index in [0.717, 1.165) is 11.0 Å². The Morgan fingerprint density at radius 1 is 1.00 bits per heavy atom. The van der Waals surface area contributed by atoms with Crippen molar-refractivity contribution in [2.24, 2.45) is 0 Å². The molecule has 0 radical (unpaired) electrons. The van der Waals surface area contributed by atoms with E-state index in [1.54, 1.807) is 18.2 Å². The Kier molecular flexibility index (Phi) is 5.03. The van der Waals surface area contributed by atoms with Gasteiger partial charge in [0.1, 0.15) is 17.7 Å². The van der Waals surface area contributed by atoms with Crippen molar-refractivity contribution in [3.05, 3.63) is 64.7 Å². The van der Waals surface area contributed by atoms with Crippen molar-refractivity contribution in [1.82, 2.24) is 10.2 Å². The van der Waals surface area contributed by atoms with Gasteiger partial charge < -0.3 is 5.32 Å². The fourth-order valence-electron chi connectivity index (χ4n) is 3.66. The summed E-state index contributed by atoms with van der Waals surface area (Å²) in [5.74, 6) is -3.81. The number of anilines is 1. The van der Waals surface area contributed by atoms with E-state index in [2.05, 4.69) is 10.6 Å². The van der Waals surface area contributed by atoms with E-state index in [-0.39, 0.29) is 42.0 Å². The van der Waals surface area contributed by atoms with Crippen LogP contribution in [0.15, 0.2) is 36.4 Å². The molecule has 1 unspecified atom stereocenters. The molecule has 2 aliphatic rings. The Balaban J connectivity index is 1.53. The Hall–Kier alpha value is -3.62. The summed E-state index contributed by atoms with van der Waals surface area (Å²) in [5.41, 5.74) is 0.291. The van der Waals surface area contributed by atoms with E-state index >= 15 is 0 Å². The summed E-state index contributed by atoms with van der Waals surface area (Å²) in [6, 6.07) is 7.28. The first kappa shape index (κ1) is 19.7. The van der Waals surface area contributed by atoms with E-state index < -0.39 is 35.5 Å². The van der Waals surface area contributed by atoms with Gasteiger partial charge in [-0.3, -0.25) is 29.4 Å². The monoisotopic (exact) mass is 413 g/mol. The number of nitrogens with one attached hydrogen (secondary N) is 2. The lowest BCUT2D eigenvalue weighted by Crippen LogP contribution is -2.54. The molecule has 30 heavy (non-hydrogen) atoms. The van der Waals surface area contributed by atoms with Crippen LogP contribution in [0, 0.1) is 11.6 Å². The maximum absolute atomic E-state index is 14.5. The SMILES string of the molecule is O=C1CCC(N2C(=O)c3cc(F)c(NCCc4ccccc4F)cc3C2=O)C(=O)N1. The fraction of sp³-hybridized carbons (Fsp3) is 0.238. The second-order valence-corrected chi connectivity index (χ2v) is 7.09. The third kappa shape index (κ3) is 3.42. The van der Waals surface area contributed by atoms with Gasteiger partial charge in [-0.05, 0) is 36.6 Å². The van der Waals surface area contributed by atoms with Crippen LogP contribution in [-0.2, 0) is 16.0 Å². The Bertz CT molecular complexity index is 1090. The quantitative estimate of drug-likeness (QED) is 0.732. The van der Waals surface area contributed by atoms with Gasteiger partial charge in [-0.15, -0.1) is 0 Å². The van der Waals surface area contributed by atoms with Crippen LogP contribution in [-0.4, -0.2) is 41.1 Å². The molecule has 154 valence electrons. The van der Waals surface area contributed by atoms with Crippen LogP contribution >= 0.6 is 0 Å². The van der Waals surface area contributed by atoms with Crippen LogP contribution in [0.3, 0.4) is 0 Å². The van der Waals surface area contributed by atoms with E-state index in [4.69, 9.17) is 0 Å². The summed E-state index contributed by atoms with van der Waals surface area (Å²) in [6.07, 6.45) is 0.311. The minimum absolute atomic E-state index is 0.00102. The number of hydrogen-bond donors (Lipinski definition) is 2. The van der Waals surface area contributed by atoms with Crippen molar-refractivity contribution in [1.29, 1.82) is 0 Å². The summed E-state index contributed by atoms with van der Waals surface area (Å²) in [6.45, 7) is 0.204. The Morgan fingerprint density at radius 3 is 2.40 bits per heavy atom. The summed E-state index contributed by atoms with van der Waals surface area (Å²) in [7, 11) is 0. The van der Waals surface area contributed by atoms with Crippen LogP contribution in [0.25, 0.3) is 0 Å². The lowest BCUT2D eigenvalue weighted by atomic mass is 10.0. The van der Waals surface area contributed by atoms with Gasteiger partial charge in [0.15, 0.2) is 0 Å². The topological polar surface area (TPSA) is 95.6 Å². The normalized spacial score (nSPS) is 18.5. The second-order valence-electron chi connectivity index (χ2n) is 7.09. The molecule has 2 heterocycles. The van der Waals surface area contributed by atoms with Gasteiger partial charge in [0, 0.05) is 13.0 Å². The molecule has 4 rings (SSSR count). The number of amides is 4. The molecule has 0 bridgehead atoms. The third-order valence-electron chi connectivity index (χ3n) is 5.20. The lowest BCUT2D eigenvalue weighted by molar-refractivity contribution is -0.136. The summed E-state index contributed by atoms with van der Waals surface area (Å²) < 4.78 is 28.2. The largest absolute Gasteiger partial charge is 0.382 e. The zero-order chi connectivity index (χ0) is 21.4. The number of nitrogens with zero attached hydrogens (tertiary/aromatic N) is 1. The van der Waals surface area contributed by atoms with Gasteiger partial charge in [-0.2, -0.15) is 0 Å². The molecule has 7 nitrogen and oxygen atoms in total. The van der Waals surface area contributed by atoms with Crippen molar-refractivity contribution in [3.63, 3.8) is 0 Å². The average molecular weight is 413 g/mol. The summed E-state index contributed by atoms with van der Waals surface area (Å²) in [4.78, 5) is 49.6. The highest BCUT2D eigenvalue weighted by atomic mass is 19.1. The van der Waals surface area contributed by atoms with Crippen molar-refractivity contribution in [2.45, 2.75) is 25.3 Å². The first-order chi connectivity index (χ1) is 14.4. The number of carbonyl (C=O) groups is 4. The van der Waals surface area contributed by atoms with Crippen LogP contribution in [0.1, 0.15) is 39.1 Å². The number of piperidine rings is 1. The van der Waals surface area contributed by atoms with E-state index in [0.29, 0.717) is 12.0 Å². The zero-order valence-corrected chi connectivity index (χ0v) is 15.7. The number of benzene rings is 2. The average Bonchev–Trinajstić information content (AvgIpc) is 2.94. The first-order valence-electron chi connectivity index (χ1n) is 9.39. The highest BCUT2D eigenvalue weighted by Gasteiger charge is 2.45. The van der Waals surface area contributed by atoms with Crippen molar-refractivity contribution in [3.8, 4) is 0 Å². The van der Waals surface area contributed by atoms with Gasteiger partial charge in [0.2, 0.25) is 11.8 Å². The molecule has 0 aliphatic carbocycles. The van der Waals surface area contributed by atoms with Crippen molar-refractivity contribution in [2.75, 3.05) is 11.9 Å². The van der Waals surface area contributed by atoms with Gasteiger partial charge in [-0.1, -0.05) is 18.2 Å². The molecule has 1 atom stereocenters. The fourth-order valence-corrected chi connectivity index (χ4v) is 3.66. The molecular weight excluding hydrogens is 396 g/mol. The molecule has 1 saturated heterocycles. The third-order valence-corrected chi connectivity index (χ3v) is 5.20. The molecule has 9 heteroatoms. The van der Waals surface area contributed by atoms with E-state index in [1.807, 2.05) is 0 Å². The van der Waals surface area contributed by atoms with Gasteiger partial charge in [0.25, 0.3) is 11.8 Å². The van der Waals surface area contributed by atoms with Crippen LogP contribution in [0.4, 0.5) is 14.5 Å². The van der Waals surface area contributed by atoms with Crippen LogP contribution < -0.4 is 10.6 Å². The van der Waals surface area contributed by atoms with E-state index in [9.17, 15) is 28.0 Å². The van der Waals surface area contributed by atoms with Crippen molar-refractivity contribution < 1.29 is 28.0 Å². The van der Waals surface area contributed by atoms with Gasteiger partial charge >= 0.3 is 0 Å². The summed E-state index contributed by atoms with van der Waals surface area (Å²) >= 11 is 0. The maximum atomic E-state index is 14.5. The lowest BCUT2D eigenvalue weighted by Gasteiger charge is -2.27. The maximum Gasteiger partial charge on any atom is 0.262 e. The molecule has 2 aromatic carbocycles. The number of rotatable bonds is 5. The Labute approximate surface area is 170 Å². The van der Waals surface area contributed by atoms with Crippen molar-refractivity contribution >= 4 is 29.3 Å². The highest BCUT2D eigenvalue weighted by Crippen LogP contribution is 2.31. The molecule has 4 amide bonds. The highest BCUT2D eigenvalue weighted by molar-refractivity contribution is 6.23. The van der Waals surface area contributed by atoms with Crippen LogP contribution in [0.2, 0.25) is 0 Å². The molecule has 0 aromatic heterocycles. The predicted molar refractivity (Wildman–Crippen MR) is 102 cm³/mol. The number of imide groups is 2. The number of fused-ring (bicyclic) bond motifs is 1. The first-order valence-corrected chi connectivity index (χ1v) is 9.39. The zero-order valence-electron chi connectivity index (χ0n) is 15.7. The van der Waals surface area contributed by atoms with Crippen LogP contribution in [0.5, 0.6) is 0 Å². The predicted octanol–water partition coefficient (Wildman–Crippen LogP) is 2.02. The second kappa shape index (κ2) is 7.66. The number of carbonyl (C=O) groups excluding carboxylic acids is 4. The molecule has 2 N–H and O–H groups in total. The minimum atomic E-state index is -1.12. The standard InChI is InChI=1S/C21H17F2N3O4/c22-14-4-2-1-3-11(14)7-8-24-16-10-13-12(9-15(16)23)20(29)26(21(13)30)17-5-6-18(27)25-19(17)28/h1-4,9-10,17,24H,5-8H2,(H,25,27,28). The van der Waals surface area contributed by atoms with Gasteiger partial charge in [0.05, 0.1) is 16.8 Å². The number of halogens is 2. The number of hydrogen-bond acceptors (Lipinski definition) is 5. The molecule has 2 aliphatic heterocycles. The molecule has 2 aromatic rings. The van der Waals surface area contributed by atoms with E-state index in [1.165, 1.54) is 12.1 Å². The Morgan fingerprint density at radius 2 is 1.70 bits per heavy atom. The summed E-state index contributed by atoms with van der Waals surface area (Å²) in [5, 5.41) is 4.92. The smallest absolute Gasteiger partial charge is 0.262 e. The molecule has 1 fully saturated rings. The minimum Gasteiger partial charge on any atom is -0.382 e. The van der Waals surface area contributed by atoms with Gasteiger partial charge in [-0.25, -0.2) is 8.78 Å².